The van der Waals surface area contributed by atoms with Crippen LogP contribution in [0, 0.1) is 17.5 Å². The molecule has 0 radical (unpaired) electrons. The number of anilines is 3. The zero-order valence-electron chi connectivity index (χ0n) is 11.7. The van der Waals surface area contributed by atoms with E-state index in [1.807, 2.05) is 13.8 Å². The molecule has 0 atom stereocenters. The molecule has 0 aliphatic carbocycles. The number of nitrogens with zero attached hydrogens (tertiary/aromatic N) is 2. The summed E-state index contributed by atoms with van der Waals surface area (Å²) in [5.41, 5.74) is -0.310. The van der Waals surface area contributed by atoms with Gasteiger partial charge in [0, 0.05) is 31.2 Å². The number of hydrogen-bond donors (Lipinski definition) is 2. The first-order valence-corrected chi connectivity index (χ1v) is 6.56. The Bertz CT molecular complexity index is 646. The van der Waals surface area contributed by atoms with Gasteiger partial charge in [-0.25, -0.2) is 23.1 Å². The summed E-state index contributed by atoms with van der Waals surface area (Å²) in [4.78, 5) is 8.39. The Labute approximate surface area is 120 Å². The minimum Gasteiger partial charge on any atom is -0.370 e. The van der Waals surface area contributed by atoms with Crippen molar-refractivity contribution in [1.29, 1.82) is 0 Å². The van der Waals surface area contributed by atoms with Crippen molar-refractivity contribution in [2.24, 2.45) is 0 Å². The number of rotatable bonds is 5. The van der Waals surface area contributed by atoms with Gasteiger partial charge in [-0.3, -0.25) is 0 Å². The number of aromatic nitrogens is 2. The van der Waals surface area contributed by atoms with Gasteiger partial charge < -0.3 is 10.6 Å². The largest absolute Gasteiger partial charge is 0.370 e. The molecule has 4 nitrogen and oxygen atoms in total. The van der Waals surface area contributed by atoms with Gasteiger partial charge in [0.1, 0.15) is 23.3 Å². The summed E-state index contributed by atoms with van der Waals surface area (Å²) in [5, 5.41) is 5.59. The van der Waals surface area contributed by atoms with E-state index in [9.17, 15) is 13.2 Å². The lowest BCUT2D eigenvalue weighted by molar-refractivity contribution is 0.498. The average molecular weight is 296 g/mol. The highest BCUT2D eigenvalue weighted by molar-refractivity contribution is 5.60. The van der Waals surface area contributed by atoms with Gasteiger partial charge >= 0.3 is 0 Å². The molecular formula is C14H15F3N4. The highest BCUT2D eigenvalue weighted by Crippen LogP contribution is 2.23. The van der Waals surface area contributed by atoms with Gasteiger partial charge in [0.15, 0.2) is 11.6 Å². The van der Waals surface area contributed by atoms with Crippen molar-refractivity contribution in [3.05, 3.63) is 41.5 Å². The smallest absolute Gasteiger partial charge is 0.182 e. The van der Waals surface area contributed by atoms with Crippen molar-refractivity contribution < 1.29 is 13.2 Å². The number of benzene rings is 1. The van der Waals surface area contributed by atoms with Gasteiger partial charge in [-0.15, -0.1) is 0 Å². The first-order chi connectivity index (χ1) is 10.0. The summed E-state index contributed by atoms with van der Waals surface area (Å²) in [7, 11) is 0. The lowest BCUT2D eigenvalue weighted by Crippen LogP contribution is -2.06. The second-order valence-electron chi connectivity index (χ2n) is 4.31. The lowest BCUT2D eigenvalue weighted by Gasteiger charge is -2.11. The molecule has 1 heterocycles. The van der Waals surface area contributed by atoms with E-state index in [1.165, 1.54) is 0 Å². The predicted octanol–water partition coefficient (Wildman–Crippen LogP) is 3.63. The molecule has 1 aromatic carbocycles. The molecule has 0 aliphatic heterocycles. The summed E-state index contributed by atoms with van der Waals surface area (Å²) in [5.74, 6) is -1.92. The predicted molar refractivity (Wildman–Crippen MR) is 75.2 cm³/mol. The molecule has 0 fully saturated rings. The maximum atomic E-state index is 13.6. The molecule has 1 aromatic heterocycles. The topological polar surface area (TPSA) is 49.8 Å². The molecule has 0 aliphatic rings. The summed E-state index contributed by atoms with van der Waals surface area (Å²) < 4.78 is 40.0. The van der Waals surface area contributed by atoms with E-state index in [0.29, 0.717) is 30.7 Å². The summed E-state index contributed by atoms with van der Waals surface area (Å²) in [6, 6.07) is 2.91. The molecule has 2 aromatic rings. The summed E-state index contributed by atoms with van der Waals surface area (Å²) in [6.07, 6.45) is 0.577. The maximum Gasteiger partial charge on any atom is 0.182 e. The first-order valence-electron chi connectivity index (χ1n) is 6.56. The van der Waals surface area contributed by atoms with E-state index >= 15 is 0 Å². The molecule has 7 heteroatoms. The first kappa shape index (κ1) is 15.1. The van der Waals surface area contributed by atoms with Crippen molar-refractivity contribution in [2.75, 3.05) is 17.2 Å². The van der Waals surface area contributed by atoms with Gasteiger partial charge in [0.25, 0.3) is 0 Å². The van der Waals surface area contributed by atoms with Crippen molar-refractivity contribution in [3.63, 3.8) is 0 Å². The minimum absolute atomic E-state index is 0.265. The quantitative estimate of drug-likeness (QED) is 0.827. The average Bonchev–Trinajstić information content (AvgIpc) is 2.44. The van der Waals surface area contributed by atoms with Crippen LogP contribution in [0.5, 0.6) is 0 Å². The Morgan fingerprint density at radius 3 is 2.38 bits per heavy atom. The van der Waals surface area contributed by atoms with Crippen LogP contribution in [-0.2, 0) is 6.42 Å². The van der Waals surface area contributed by atoms with Gasteiger partial charge in [-0.2, -0.15) is 0 Å². The Balaban J connectivity index is 2.37. The molecule has 0 bridgehead atoms. The molecule has 112 valence electrons. The van der Waals surface area contributed by atoms with Crippen LogP contribution >= 0.6 is 0 Å². The third-order valence-corrected chi connectivity index (χ3v) is 2.70. The molecule has 0 saturated carbocycles. The molecule has 2 N–H and O–H groups in total. The number of aryl methyl sites for hydroxylation is 1. The maximum absolute atomic E-state index is 13.6. The fourth-order valence-corrected chi connectivity index (χ4v) is 1.78. The van der Waals surface area contributed by atoms with E-state index in [2.05, 4.69) is 20.6 Å². The fourth-order valence-electron chi connectivity index (χ4n) is 1.78. The SMILES string of the molecule is CCNc1cc(Nc2cc(F)cc(F)c2F)nc(CC)n1. The second-order valence-corrected chi connectivity index (χ2v) is 4.31. The Morgan fingerprint density at radius 2 is 1.71 bits per heavy atom. The molecule has 0 unspecified atom stereocenters. The highest BCUT2D eigenvalue weighted by atomic mass is 19.2. The Morgan fingerprint density at radius 1 is 1.00 bits per heavy atom. The Hall–Kier alpha value is -2.31. The van der Waals surface area contributed by atoms with E-state index in [4.69, 9.17) is 0 Å². The van der Waals surface area contributed by atoms with E-state index in [-0.39, 0.29) is 11.5 Å². The molecule has 0 saturated heterocycles. The van der Waals surface area contributed by atoms with Crippen LogP contribution < -0.4 is 10.6 Å². The third-order valence-electron chi connectivity index (χ3n) is 2.70. The van der Waals surface area contributed by atoms with Crippen molar-refractivity contribution >= 4 is 17.3 Å². The number of halogens is 3. The molecule has 0 spiro atoms. The van der Waals surface area contributed by atoms with Crippen LogP contribution in [0.1, 0.15) is 19.7 Å². The van der Waals surface area contributed by atoms with E-state index in [0.717, 1.165) is 6.07 Å². The number of nitrogens with one attached hydrogen (secondary N) is 2. The standard InChI is InChI=1S/C14H15F3N4/c1-3-11-20-12(18-4-2)7-13(21-11)19-10-6-8(15)5-9(16)14(10)17/h5-7H,3-4H2,1-2H3,(H2,18,19,20,21). The van der Waals surface area contributed by atoms with Gasteiger partial charge in [-0.1, -0.05) is 6.92 Å². The van der Waals surface area contributed by atoms with Gasteiger partial charge in [0.05, 0.1) is 5.69 Å². The summed E-state index contributed by atoms with van der Waals surface area (Å²) in [6.45, 7) is 4.43. The van der Waals surface area contributed by atoms with Crippen molar-refractivity contribution in [3.8, 4) is 0 Å². The van der Waals surface area contributed by atoms with E-state index in [1.54, 1.807) is 6.07 Å². The monoisotopic (exact) mass is 296 g/mol. The molecule has 0 amide bonds. The van der Waals surface area contributed by atoms with Crippen LogP contribution in [0.15, 0.2) is 18.2 Å². The Kier molecular flexibility index (Phi) is 4.62. The highest BCUT2D eigenvalue weighted by Gasteiger charge is 2.12. The van der Waals surface area contributed by atoms with E-state index < -0.39 is 17.5 Å². The third kappa shape index (κ3) is 3.62. The zero-order chi connectivity index (χ0) is 15.4. The normalized spacial score (nSPS) is 10.5. The summed E-state index contributed by atoms with van der Waals surface area (Å²) >= 11 is 0. The van der Waals surface area contributed by atoms with Crippen LogP contribution in [-0.4, -0.2) is 16.5 Å². The molecule has 2 rings (SSSR count). The molecular weight excluding hydrogens is 281 g/mol. The van der Waals surface area contributed by atoms with Crippen LogP contribution in [0.25, 0.3) is 0 Å². The van der Waals surface area contributed by atoms with Crippen LogP contribution in [0.3, 0.4) is 0 Å². The number of hydrogen-bond acceptors (Lipinski definition) is 4. The lowest BCUT2D eigenvalue weighted by atomic mass is 10.2. The fraction of sp³-hybridized carbons (Fsp3) is 0.286. The second kappa shape index (κ2) is 6.43. The van der Waals surface area contributed by atoms with Crippen LogP contribution in [0.2, 0.25) is 0 Å². The van der Waals surface area contributed by atoms with Gasteiger partial charge in [0.2, 0.25) is 0 Å². The van der Waals surface area contributed by atoms with Crippen molar-refractivity contribution in [1.82, 2.24) is 9.97 Å². The van der Waals surface area contributed by atoms with Crippen molar-refractivity contribution in [2.45, 2.75) is 20.3 Å². The zero-order valence-corrected chi connectivity index (χ0v) is 11.7. The van der Waals surface area contributed by atoms with Gasteiger partial charge in [-0.05, 0) is 6.92 Å². The minimum atomic E-state index is -1.26. The van der Waals surface area contributed by atoms with Crippen LogP contribution in [0.4, 0.5) is 30.5 Å². The molecule has 21 heavy (non-hydrogen) atoms.